The predicted molar refractivity (Wildman–Crippen MR) is 61.7 cm³/mol. The Kier molecular flexibility index (Phi) is 3.10. The minimum atomic E-state index is 0.843. The third kappa shape index (κ3) is 2.59. The van der Waals surface area contributed by atoms with Crippen molar-refractivity contribution in [3.05, 3.63) is 17.2 Å². The van der Waals surface area contributed by atoms with E-state index in [1.165, 1.54) is 31.6 Å². The van der Waals surface area contributed by atoms with Gasteiger partial charge in [-0.25, -0.2) is 4.98 Å². The van der Waals surface area contributed by atoms with Crippen molar-refractivity contribution in [2.75, 3.05) is 13.1 Å². The summed E-state index contributed by atoms with van der Waals surface area (Å²) in [5.74, 6) is 1.97. The Labute approximate surface area is 91.9 Å². The van der Waals surface area contributed by atoms with Gasteiger partial charge in [0.1, 0.15) is 5.82 Å². The van der Waals surface area contributed by atoms with Crippen molar-refractivity contribution in [1.82, 2.24) is 14.9 Å². The van der Waals surface area contributed by atoms with Gasteiger partial charge in [0, 0.05) is 12.2 Å². The summed E-state index contributed by atoms with van der Waals surface area (Å²) in [6.07, 6.45) is 2.71. The van der Waals surface area contributed by atoms with Crippen LogP contribution in [0.15, 0.2) is 0 Å². The number of rotatable bonds is 2. The number of H-pyrrole nitrogens is 1. The van der Waals surface area contributed by atoms with E-state index < -0.39 is 0 Å². The molecule has 0 spiro atoms. The van der Waals surface area contributed by atoms with Crippen molar-refractivity contribution in [1.29, 1.82) is 0 Å². The van der Waals surface area contributed by atoms with Gasteiger partial charge in [-0.15, -0.1) is 0 Å². The molecule has 0 unspecified atom stereocenters. The lowest BCUT2D eigenvalue weighted by molar-refractivity contribution is 0.173. The standard InChI is InChI=1S/C12H21N3/c1-9-5-4-6-15(7-9)8-12-13-10(2)11(3)14-12/h9H,4-8H2,1-3H3,(H,13,14)/t9-/m1/s1. The number of nitrogens with zero attached hydrogens (tertiary/aromatic N) is 2. The molecular weight excluding hydrogens is 186 g/mol. The van der Waals surface area contributed by atoms with Crippen LogP contribution in [0.5, 0.6) is 0 Å². The third-order valence-electron chi connectivity index (χ3n) is 3.29. The fourth-order valence-electron chi connectivity index (χ4n) is 2.34. The van der Waals surface area contributed by atoms with Crippen LogP contribution in [0.25, 0.3) is 0 Å². The van der Waals surface area contributed by atoms with Crippen molar-refractivity contribution < 1.29 is 0 Å². The number of aromatic amines is 1. The fourth-order valence-corrected chi connectivity index (χ4v) is 2.34. The molecule has 1 atom stereocenters. The SMILES string of the molecule is Cc1nc(CN2CCC[C@@H](C)C2)[nH]c1C. The first-order valence-electron chi connectivity index (χ1n) is 5.89. The first-order valence-corrected chi connectivity index (χ1v) is 5.89. The molecular formula is C12H21N3. The number of hydrogen-bond donors (Lipinski definition) is 1. The zero-order valence-corrected chi connectivity index (χ0v) is 10.0. The van der Waals surface area contributed by atoms with Crippen molar-refractivity contribution in [2.24, 2.45) is 5.92 Å². The Bertz CT molecular complexity index is 310. The average molecular weight is 207 g/mol. The fraction of sp³-hybridized carbons (Fsp3) is 0.750. The normalized spacial score (nSPS) is 23.3. The highest BCUT2D eigenvalue weighted by atomic mass is 15.2. The van der Waals surface area contributed by atoms with Crippen LogP contribution < -0.4 is 0 Å². The van der Waals surface area contributed by atoms with E-state index in [1.807, 2.05) is 0 Å². The molecule has 0 aromatic carbocycles. The van der Waals surface area contributed by atoms with Crippen molar-refractivity contribution >= 4 is 0 Å². The highest BCUT2D eigenvalue weighted by molar-refractivity contribution is 5.10. The van der Waals surface area contributed by atoms with Gasteiger partial charge in [-0.3, -0.25) is 4.90 Å². The Morgan fingerprint density at radius 1 is 1.47 bits per heavy atom. The van der Waals surface area contributed by atoms with Crippen molar-refractivity contribution in [3.8, 4) is 0 Å². The summed E-state index contributed by atoms with van der Waals surface area (Å²) in [6, 6.07) is 0. The van der Waals surface area contributed by atoms with E-state index in [4.69, 9.17) is 0 Å². The molecule has 3 heteroatoms. The molecule has 84 valence electrons. The lowest BCUT2D eigenvalue weighted by atomic mass is 10.0. The van der Waals surface area contributed by atoms with Crippen LogP contribution in [0, 0.1) is 19.8 Å². The molecule has 1 aromatic rings. The van der Waals surface area contributed by atoms with Gasteiger partial charge >= 0.3 is 0 Å². The summed E-state index contributed by atoms with van der Waals surface area (Å²) in [7, 11) is 0. The molecule has 2 heterocycles. The summed E-state index contributed by atoms with van der Waals surface area (Å²) in [5, 5.41) is 0. The largest absolute Gasteiger partial charge is 0.345 e. The second kappa shape index (κ2) is 4.35. The van der Waals surface area contributed by atoms with Crippen LogP contribution in [-0.4, -0.2) is 28.0 Å². The van der Waals surface area contributed by atoms with Crippen molar-refractivity contribution in [2.45, 2.75) is 40.2 Å². The van der Waals surface area contributed by atoms with Crippen LogP contribution in [0.2, 0.25) is 0 Å². The molecule has 0 radical (unpaired) electrons. The van der Waals surface area contributed by atoms with E-state index >= 15 is 0 Å². The van der Waals surface area contributed by atoms with Crippen LogP contribution in [0.4, 0.5) is 0 Å². The zero-order chi connectivity index (χ0) is 10.8. The maximum Gasteiger partial charge on any atom is 0.120 e. The Hall–Kier alpha value is -0.830. The molecule has 1 saturated heterocycles. The maximum atomic E-state index is 4.53. The van der Waals surface area contributed by atoms with Crippen LogP contribution >= 0.6 is 0 Å². The topological polar surface area (TPSA) is 31.9 Å². The average Bonchev–Trinajstić information content (AvgIpc) is 2.45. The minimum Gasteiger partial charge on any atom is -0.345 e. The quantitative estimate of drug-likeness (QED) is 0.806. The van der Waals surface area contributed by atoms with E-state index in [1.54, 1.807) is 0 Å². The summed E-state index contributed by atoms with van der Waals surface area (Å²) in [6.45, 7) is 9.92. The molecule has 3 nitrogen and oxygen atoms in total. The van der Waals surface area contributed by atoms with Gasteiger partial charge < -0.3 is 4.98 Å². The molecule has 1 aromatic heterocycles. The van der Waals surface area contributed by atoms with E-state index in [2.05, 4.69) is 35.6 Å². The van der Waals surface area contributed by atoms with E-state index in [0.29, 0.717) is 0 Å². The molecule has 1 fully saturated rings. The second-order valence-corrected chi connectivity index (χ2v) is 4.88. The molecule has 1 N–H and O–H groups in total. The Morgan fingerprint density at radius 2 is 2.27 bits per heavy atom. The number of nitrogens with one attached hydrogen (secondary N) is 1. The Morgan fingerprint density at radius 3 is 2.87 bits per heavy atom. The van der Waals surface area contributed by atoms with Crippen LogP contribution in [0.1, 0.15) is 37.0 Å². The molecule has 15 heavy (non-hydrogen) atoms. The highest BCUT2D eigenvalue weighted by Crippen LogP contribution is 2.17. The summed E-state index contributed by atoms with van der Waals surface area (Å²) in [5.41, 5.74) is 2.34. The number of hydrogen-bond acceptors (Lipinski definition) is 2. The first-order chi connectivity index (χ1) is 7.15. The molecule has 0 aliphatic carbocycles. The monoisotopic (exact) mass is 207 g/mol. The lowest BCUT2D eigenvalue weighted by Gasteiger charge is -2.29. The zero-order valence-electron chi connectivity index (χ0n) is 10.0. The Balaban J connectivity index is 1.96. The molecule has 1 aliphatic rings. The number of piperidine rings is 1. The molecule has 1 aliphatic heterocycles. The second-order valence-electron chi connectivity index (χ2n) is 4.88. The highest BCUT2D eigenvalue weighted by Gasteiger charge is 2.17. The molecule has 0 bridgehead atoms. The maximum absolute atomic E-state index is 4.53. The number of imidazole rings is 1. The van der Waals surface area contributed by atoms with Gasteiger partial charge in [-0.05, 0) is 39.2 Å². The van der Waals surface area contributed by atoms with Gasteiger partial charge in [0.05, 0.1) is 12.2 Å². The number of likely N-dealkylation sites (tertiary alicyclic amines) is 1. The summed E-state index contributed by atoms with van der Waals surface area (Å²) < 4.78 is 0. The molecule has 0 saturated carbocycles. The van der Waals surface area contributed by atoms with E-state index in [-0.39, 0.29) is 0 Å². The van der Waals surface area contributed by atoms with E-state index in [0.717, 1.165) is 24.0 Å². The number of aryl methyl sites for hydroxylation is 2. The van der Waals surface area contributed by atoms with Gasteiger partial charge in [-0.1, -0.05) is 6.92 Å². The number of aromatic nitrogens is 2. The summed E-state index contributed by atoms with van der Waals surface area (Å²) in [4.78, 5) is 10.4. The van der Waals surface area contributed by atoms with Gasteiger partial charge in [0.15, 0.2) is 0 Å². The molecule has 0 amide bonds. The third-order valence-corrected chi connectivity index (χ3v) is 3.29. The van der Waals surface area contributed by atoms with Crippen LogP contribution in [-0.2, 0) is 6.54 Å². The molecule has 2 rings (SSSR count). The van der Waals surface area contributed by atoms with E-state index in [9.17, 15) is 0 Å². The smallest absolute Gasteiger partial charge is 0.120 e. The van der Waals surface area contributed by atoms with Crippen molar-refractivity contribution in [3.63, 3.8) is 0 Å². The minimum absolute atomic E-state index is 0.843. The van der Waals surface area contributed by atoms with Gasteiger partial charge in [-0.2, -0.15) is 0 Å². The predicted octanol–water partition coefficient (Wildman–Crippen LogP) is 2.26. The van der Waals surface area contributed by atoms with Gasteiger partial charge in [0.25, 0.3) is 0 Å². The lowest BCUT2D eigenvalue weighted by Crippen LogP contribution is -2.34. The summed E-state index contributed by atoms with van der Waals surface area (Å²) >= 11 is 0. The van der Waals surface area contributed by atoms with Gasteiger partial charge in [0.2, 0.25) is 0 Å². The first kappa shape index (κ1) is 10.7. The van der Waals surface area contributed by atoms with Crippen LogP contribution in [0.3, 0.4) is 0 Å².